The number of likely N-dealkylation sites (tertiary alicyclic amines) is 2. The second-order valence-corrected chi connectivity index (χ2v) is 17.6. The number of rotatable bonds is 11. The summed E-state index contributed by atoms with van der Waals surface area (Å²) in [6.45, 7) is 12.9. The van der Waals surface area contributed by atoms with E-state index in [0.717, 1.165) is 91.1 Å². The number of fused-ring (bicyclic) bond motifs is 1. The van der Waals surface area contributed by atoms with Gasteiger partial charge in [-0.25, -0.2) is 19.6 Å². The van der Waals surface area contributed by atoms with Crippen molar-refractivity contribution in [3.05, 3.63) is 71.6 Å². The molecule has 0 radical (unpaired) electrons. The van der Waals surface area contributed by atoms with Gasteiger partial charge in [0.15, 0.2) is 0 Å². The maximum atomic E-state index is 13.9. The molecule has 4 atom stereocenters. The van der Waals surface area contributed by atoms with Gasteiger partial charge in [-0.05, 0) is 105 Å². The van der Waals surface area contributed by atoms with Crippen molar-refractivity contribution in [3.63, 3.8) is 0 Å². The third kappa shape index (κ3) is 7.88. The van der Waals surface area contributed by atoms with E-state index in [9.17, 15) is 19.2 Å². The van der Waals surface area contributed by atoms with Gasteiger partial charge in [0.2, 0.25) is 11.8 Å². The number of alkyl carbamates (subject to hydrolysis) is 2. The Hall–Kier alpha value is -5.66. The molecule has 0 saturated carbocycles. The fourth-order valence-corrected chi connectivity index (χ4v) is 9.55. The molecule has 4 amide bonds. The van der Waals surface area contributed by atoms with Crippen LogP contribution >= 0.6 is 0 Å². The second-order valence-electron chi connectivity index (χ2n) is 17.6. The molecule has 14 heteroatoms. The van der Waals surface area contributed by atoms with Crippen molar-refractivity contribution >= 4 is 24.0 Å². The number of H-pyrrole nitrogens is 2. The van der Waals surface area contributed by atoms with E-state index in [1.54, 1.807) is 0 Å². The molecule has 2 aliphatic heterocycles. The molecule has 14 nitrogen and oxygen atoms in total. The van der Waals surface area contributed by atoms with Crippen LogP contribution in [0.1, 0.15) is 103 Å². The Labute approximate surface area is 352 Å². The number of nitrogens with one attached hydrogen (secondary N) is 4. The number of methoxy groups -OCH3 is 2. The van der Waals surface area contributed by atoms with Gasteiger partial charge in [-0.1, -0.05) is 64.1 Å². The zero-order valence-electron chi connectivity index (χ0n) is 36.2. The summed E-state index contributed by atoms with van der Waals surface area (Å²) in [5.41, 5.74) is 7.66. The molecule has 3 aliphatic rings. The van der Waals surface area contributed by atoms with Crippen LogP contribution in [-0.4, -0.2) is 93.1 Å². The number of carbonyl (C=O) groups is 4. The van der Waals surface area contributed by atoms with Crippen molar-refractivity contribution in [2.45, 2.75) is 116 Å². The average molecular weight is 821 g/mol. The molecular weight excluding hydrogens is 761 g/mol. The quantitative estimate of drug-likeness (QED) is 0.121. The van der Waals surface area contributed by atoms with Gasteiger partial charge in [0.25, 0.3) is 0 Å². The van der Waals surface area contributed by atoms with Crippen LogP contribution in [-0.2, 0) is 43.0 Å². The lowest BCUT2D eigenvalue weighted by molar-refractivity contribution is -0.139. The van der Waals surface area contributed by atoms with E-state index in [-0.39, 0.29) is 23.7 Å². The van der Waals surface area contributed by atoms with Gasteiger partial charge in [0.1, 0.15) is 23.7 Å². The molecule has 320 valence electrons. The van der Waals surface area contributed by atoms with Gasteiger partial charge < -0.3 is 39.9 Å². The van der Waals surface area contributed by atoms with E-state index in [1.165, 1.54) is 30.9 Å². The molecular formula is C46H60N8O6. The topological polar surface area (TPSA) is 175 Å². The maximum Gasteiger partial charge on any atom is 0.407 e. The van der Waals surface area contributed by atoms with Crippen LogP contribution in [0.3, 0.4) is 0 Å². The summed E-state index contributed by atoms with van der Waals surface area (Å²) in [4.78, 5) is 72.6. The average Bonchev–Trinajstić information content (AvgIpc) is 4.08. The van der Waals surface area contributed by atoms with Gasteiger partial charge in [0, 0.05) is 18.7 Å². The molecule has 2 fully saturated rings. The lowest BCUT2D eigenvalue weighted by atomic mass is 9.82. The Morgan fingerprint density at radius 3 is 1.55 bits per heavy atom. The minimum atomic E-state index is -0.709. The Morgan fingerprint density at radius 1 is 0.633 bits per heavy atom. The van der Waals surface area contributed by atoms with Crippen LogP contribution in [0.4, 0.5) is 9.59 Å². The van der Waals surface area contributed by atoms with Crippen molar-refractivity contribution < 1.29 is 28.7 Å². The van der Waals surface area contributed by atoms with Crippen molar-refractivity contribution in [1.82, 2.24) is 40.4 Å². The summed E-state index contributed by atoms with van der Waals surface area (Å²) >= 11 is 0. The lowest BCUT2D eigenvalue weighted by Crippen LogP contribution is -2.55. The van der Waals surface area contributed by atoms with Crippen LogP contribution in [0, 0.1) is 11.8 Å². The third-order valence-electron chi connectivity index (χ3n) is 13.1. The first kappa shape index (κ1) is 42.5. The summed E-state index contributed by atoms with van der Waals surface area (Å²) in [5.74, 6) is 0.939. The monoisotopic (exact) mass is 820 g/mol. The molecule has 1 aliphatic carbocycles. The molecule has 4 heterocycles. The zero-order chi connectivity index (χ0) is 42.9. The summed E-state index contributed by atoms with van der Waals surface area (Å²) in [7, 11) is 2.60. The number of aromatic nitrogens is 4. The maximum absolute atomic E-state index is 13.9. The highest BCUT2D eigenvalue weighted by Gasteiger charge is 2.47. The smallest absolute Gasteiger partial charge is 0.407 e. The minimum Gasteiger partial charge on any atom is -0.453 e. The van der Waals surface area contributed by atoms with Gasteiger partial charge in [0.05, 0.1) is 49.1 Å². The molecule has 2 aromatic heterocycles. The number of aromatic amines is 2. The summed E-state index contributed by atoms with van der Waals surface area (Å²) in [6, 6.07) is 11.6. The van der Waals surface area contributed by atoms with E-state index >= 15 is 0 Å². The van der Waals surface area contributed by atoms with Crippen molar-refractivity contribution in [2.75, 3.05) is 27.3 Å². The highest BCUT2D eigenvalue weighted by Crippen LogP contribution is 2.42. The normalized spacial score (nSPS) is 21.2. The molecule has 0 unspecified atom stereocenters. The van der Waals surface area contributed by atoms with Crippen LogP contribution in [0.2, 0.25) is 0 Å². The highest BCUT2D eigenvalue weighted by atomic mass is 16.5. The second kappa shape index (κ2) is 17.1. The SMILES string of the molecule is COC(=O)N[C@H](C(=O)N1CCC[C@@]1(C)c1ncc(-c2ccc(-c3ccc(-c4cnc([C@]5(C)CCCN5C(=O)[C@@H](NC(=O)OC)C(C)C)[nH]4)c4c3CCCC4)cc2)[nH]1)C(C)C. The van der Waals surface area contributed by atoms with Crippen molar-refractivity contribution in [3.8, 4) is 33.6 Å². The van der Waals surface area contributed by atoms with Crippen molar-refractivity contribution in [1.29, 1.82) is 0 Å². The van der Waals surface area contributed by atoms with E-state index in [4.69, 9.17) is 19.4 Å². The number of benzene rings is 2. The van der Waals surface area contributed by atoms with Crippen LogP contribution in [0.15, 0.2) is 48.8 Å². The Kier molecular flexibility index (Phi) is 12.1. The number of hydrogen-bond donors (Lipinski definition) is 4. The van der Waals surface area contributed by atoms with Gasteiger partial charge in [-0.2, -0.15) is 0 Å². The predicted molar refractivity (Wildman–Crippen MR) is 229 cm³/mol. The molecule has 7 rings (SSSR count). The molecule has 4 N–H and O–H groups in total. The summed E-state index contributed by atoms with van der Waals surface area (Å²) in [6.07, 6.45) is 9.83. The van der Waals surface area contributed by atoms with E-state index in [1.807, 2.05) is 56.8 Å². The van der Waals surface area contributed by atoms with Crippen LogP contribution in [0.25, 0.3) is 33.6 Å². The van der Waals surface area contributed by atoms with E-state index in [2.05, 4.69) is 63.9 Å². The predicted octanol–water partition coefficient (Wildman–Crippen LogP) is 7.45. The first-order valence-electron chi connectivity index (χ1n) is 21.4. The molecule has 2 saturated heterocycles. The molecule has 60 heavy (non-hydrogen) atoms. The minimum absolute atomic E-state index is 0.119. The third-order valence-corrected chi connectivity index (χ3v) is 13.1. The van der Waals surface area contributed by atoms with Gasteiger partial charge >= 0.3 is 12.2 Å². The number of nitrogens with zero attached hydrogens (tertiary/aromatic N) is 4. The van der Waals surface area contributed by atoms with E-state index in [0.29, 0.717) is 13.1 Å². The molecule has 0 spiro atoms. The molecule has 4 aromatic rings. The largest absolute Gasteiger partial charge is 0.453 e. The standard InChI is InChI=1S/C46H60N8O6/c1-27(2)37(51-43(57)59-7)39(55)53-23-11-21-45(53,5)41-47-25-35(49-41)30-17-15-29(16-18-30)31-19-20-34(33-14-10-9-13-32(31)33)36-26-48-42(50-36)46(6)22-12-24-54(46)40(56)38(28(3)4)52-44(58)60-8/h15-20,25-28,37-38H,9-14,21-24H2,1-8H3,(H,47,49)(H,48,50)(H,51,57)(H,52,58)/t37-,38-,45-,46-/m0/s1. The summed E-state index contributed by atoms with van der Waals surface area (Å²) in [5, 5.41) is 5.47. The van der Waals surface area contributed by atoms with Gasteiger partial charge in [-0.3, -0.25) is 9.59 Å². The summed E-state index contributed by atoms with van der Waals surface area (Å²) < 4.78 is 9.63. The Balaban J connectivity index is 1.11. The number of imidazole rings is 2. The highest BCUT2D eigenvalue weighted by molar-refractivity contribution is 5.88. The fourth-order valence-electron chi connectivity index (χ4n) is 9.55. The van der Waals surface area contributed by atoms with Crippen LogP contribution < -0.4 is 10.6 Å². The zero-order valence-corrected chi connectivity index (χ0v) is 36.2. The molecule has 2 aromatic carbocycles. The first-order valence-corrected chi connectivity index (χ1v) is 21.4. The fraction of sp³-hybridized carbons (Fsp3) is 0.522. The Morgan fingerprint density at radius 2 is 1.07 bits per heavy atom. The number of ether oxygens (including phenoxy) is 2. The Bertz CT molecular complexity index is 2230. The van der Waals surface area contributed by atoms with Crippen LogP contribution in [0.5, 0.6) is 0 Å². The lowest BCUT2D eigenvalue weighted by Gasteiger charge is -2.37. The number of hydrogen-bond acceptors (Lipinski definition) is 8. The van der Waals surface area contributed by atoms with Gasteiger partial charge in [-0.15, -0.1) is 0 Å². The number of carbonyl (C=O) groups excluding carboxylic acids is 4. The molecule has 0 bridgehead atoms. The number of amides is 4. The first-order chi connectivity index (χ1) is 28.7. The van der Waals surface area contributed by atoms with Crippen molar-refractivity contribution in [2.24, 2.45) is 11.8 Å². The van der Waals surface area contributed by atoms with E-state index < -0.39 is 35.3 Å².